The van der Waals surface area contributed by atoms with Crippen molar-refractivity contribution in [3.63, 3.8) is 0 Å². The summed E-state index contributed by atoms with van der Waals surface area (Å²) in [4.78, 5) is 17.5. The molecule has 136 valence electrons. The molecule has 1 aromatic heterocycles. The van der Waals surface area contributed by atoms with Gasteiger partial charge in [0.05, 0.1) is 10.5 Å². The first-order valence-electron chi connectivity index (χ1n) is 9.01. The summed E-state index contributed by atoms with van der Waals surface area (Å²) >= 11 is 6.61. The number of rotatable bonds is 2. The highest BCUT2D eigenvalue weighted by molar-refractivity contribution is 6.36. The summed E-state index contributed by atoms with van der Waals surface area (Å²) in [6.45, 7) is 0.203. The van der Waals surface area contributed by atoms with Gasteiger partial charge in [-0.25, -0.2) is 0 Å². The molecule has 2 aromatic carbocycles. The van der Waals surface area contributed by atoms with Crippen LogP contribution >= 0.6 is 11.6 Å². The standard InChI is InChI=1S/C21H17ClN2O3/c22-20-14-3-1-2-4-16(14)24-17-9-12(5-7-15(17)20)21(25)23-13-6-8-18-19(10-13)27-11-26-18/h5-10H,1-4,11H2,(H,23,25). The van der Waals surface area contributed by atoms with E-state index in [4.69, 9.17) is 26.1 Å². The molecule has 3 aromatic rings. The fourth-order valence-electron chi connectivity index (χ4n) is 3.69. The summed E-state index contributed by atoms with van der Waals surface area (Å²) in [5.74, 6) is 1.11. The van der Waals surface area contributed by atoms with Gasteiger partial charge in [0.15, 0.2) is 11.5 Å². The monoisotopic (exact) mass is 380 g/mol. The lowest BCUT2D eigenvalue weighted by Gasteiger charge is -2.18. The highest BCUT2D eigenvalue weighted by Crippen LogP contribution is 2.35. The molecule has 27 heavy (non-hydrogen) atoms. The van der Waals surface area contributed by atoms with Crippen molar-refractivity contribution in [1.82, 2.24) is 4.98 Å². The number of nitrogens with zero attached hydrogens (tertiary/aromatic N) is 1. The minimum Gasteiger partial charge on any atom is -0.454 e. The molecule has 0 unspecified atom stereocenters. The number of aryl methyl sites for hydroxylation is 1. The lowest BCUT2D eigenvalue weighted by molar-refractivity contribution is 0.102. The Bertz CT molecular complexity index is 1080. The molecule has 1 aliphatic carbocycles. The van der Waals surface area contributed by atoms with E-state index in [9.17, 15) is 4.79 Å². The maximum absolute atomic E-state index is 12.7. The summed E-state index contributed by atoms with van der Waals surface area (Å²) in [5, 5.41) is 4.57. The maximum Gasteiger partial charge on any atom is 0.255 e. The fraction of sp³-hybridized carbons (Fsp3) is 0.238. The van der Waals surface area contributed by atoms with E-state index in [1.807, 2.05) is 6.07 Å². The topological polar surface area (TPSA) is 60.5 Å². The van der Waals surface area contributed by atoms with Crippen LogP contribution in [0.4, 0.5) is 5.69 Å². The SMILES string of the molecule is O=C(Nc1ccc2c(c1)OCO2)c1ccc2c(Cl)c3c(nc2c1)CCCC3. The molecule has 0 atom stereocenters. The lowest BCUT2D eigenvalue weighted by Crippen LogP contribution is -2.12. The summed E-state index contributed by atoms with van der Waals surface area (Å²) < 4.78 is 10.6. The van der Waals surface area contributed by atoms with Crippen LogP contribution in [-0.2, 0) is 12.8 Å². The van der Waals surface area contributed by atoms with E-state index in [2.05, 4.69) is 5.32 Å². The number of benzene rings is 2. The summed E-state index contributed by atoms with van der Waals surface area (Å²) in [6, 6.07) is 10.8. The molecular weight excluding hydrogens is 364 g/mol. The van der Waals surface area contributed by atoms with Crippen LogP contribution in [0.15, 0.2) is 36.4 Å². The third-order valence-electron chi connectivity index (χ3n) is 5.09. The van der Waals surface area contributed by atoms with Crippen molar-refractivity contribution >= 4 is 34.1 Å². The first-order valence-corrected chi connectivity index (χ1v) is 9.39. The van der Waals surface area contributed by atoms with Crippen molar-refractivity contribution in [3.05, 3.63) is 58.2 Å². The van der Waals surface area contributed by atoms with Gasteiger partial charge in [0.25, 0.3) is 5.91 Å². The largest absolute Gasteiger partial charge is 0.454 e. The summed E-state index contributed by atoms with van der Waals surface area (Å²) in [6.07, 6.45) is 4.20. The predicted molar refractivity (Wildman–Crippen MR) is 104 cm³/mol. The number of hydrogen-bond donors (Lipinski definition) is 1. The molecule has 2 heterocycles. The van der Waals surface area contributed by atoms with Gasteiger partial charge < -0.3 is 14.8 Å². The van der Waals surface area contributed by atoms with Crippen LogP contribution in [0, 0.1) is 0 Å². The molecular formula is C21H17ClN2O3. The first kappa shape index (κ1) is 16.4. The molecule has 6 heteroatoms. The highest BCUT2D eigenvalue weighted by Gasteiger charge is 2.19. The van der Waals surface area contributed by atoms with Crippen LogP contribution in [0.5, 0.6) is 11.5 Å². The van der Waals surface area contributed by atoms with E-state index in [0.29, 0.717) is 22.7 Å². The Morgan fingerprint density at radius 1 is 1.04 bits per heavy atom. The lowest BCUT2D eigenvalue weighted by atomic mass is 9.94. The maximum atomic E-state index is 12.7. The zero-order valence-electron chi connectivity index (χ0n) is 14.5. The van der Waals surface area contributed by atoms with Gasteiger partial charge in [-0.3, -0.25) is 9.78 Å². The van der Waals surface area contributed by atoms with Crippen LogP contribution in [0.1, 0.15) is 34.5 Å². The average molecular weight is 381 g/mol. The normalized spacial score (nSPS) is 14.9. The Balaban J connectivity index is 1.46. The van der Waals surface area contributed by atoms with Crippen LogP contribution in [0.25, 0.3) is 10.9 Å². The third-order valence-corrected chi connectivity index (χ3v) is 5.52. The number of ether oxygens (including phenoxy) is 2. The van der Waals surface area contributed by atoms with Crippen molar-refractivity contribution in [2.45, 2.75) is 25.7 Å². The van der Waals surface area contributed by atoms with Gasteiger partial charge in [-0.1, -0.05) is 17.7 Å². The number of hydrogen-bond acceptors (Lipinski definition) is 4. The van der Waals surface area contributed by atoms with Crippen molar-refractivity contribution < 1.29 is 14.3 Å². The van der Waals surface area contributed by atoms with Gasteiger partial charge in [-0.05, 0) is 55.5 Å². The Morgan fingerprint density at radius 3 is 2.81 bits per heavy atom. The number of amides is 1. The van der Waals surface area contributed by atoms with Gasteiger partial charge in [0.2, 0.25) is 6.79 Å². The molecule has 0 saturated carbocycles. The number of fused-ring (bicyclic) bond motifs is 3. The molecule has 0 saturated heterocycles. The van der Waals surface area contributed by atoms with Crippen LogP contribution in [-0.4, -0.2) is 17.7 Å². The minimum atomic E-state index is -0.202. The van der Waals surface area contributed by atoms with Crippen molar-refractivity contribution in [2.75, 3.05) is 12.1 Å². The van der Waals surface area contributed by atoms with Crippen molar-refractivity contribution in [3.8, 4) is 11.5 Å². The Kier molecular flexibility index (Phi) is 3.90. The molecule has 5 rings (SSSR count). The van der Waals surface area contributed by atoms with Gasteiger partial charge in [-0.15, -0.1) is 0 Å². The van der Waals surface area contributed by atoms with E-state index in [1.54, 1.807) is 30.3 Å². The van der Waals surface area contributed by atoms with E-state index < -0.39 is 0 Å². The van der Waals surface area contributed by atoms with E-state index in [0.717, 1.165) is 52.9 Å². The zero-order valence-corrected chi connectivity index (χ0v) is 15.3. The number of carbonyl (C=O) groups is 1. The van der Waals surface area contributed by atoms with E-state index >= 15 is 0 Å². The fourth-order valence-corrected chi connectivity index (χ4v) is 4.05. The molecule has 0 bridgehead atoms. The molecule has 2 aliphatic rings. The Morgan fingerprint density at radius 2 is 1.89 bits per heavy atom. The molecule has 5 nitrogen and oxygen atoms in total. The molecule has 1 amide bonds. The third kappa shape index (κ3) is 2.88. The second-order valence-electron chi connectivity index (χ2n) is 6.81. The predicted octanol–water partition coefficient (Wildman–Crippen LogP) is 4.75. The minimum absolute atomic E-state index is 0.202. The van der Waals surface area contributed by atoms with Crippen LogP contribution < -0.4 is 14.8 Å². The Labute approximate surface area is 161 Å². The molecule has 0 fully saturated rings. The smallest absolute Gasteiger partial charge is 0.255 e. The van der Waals surface area contributed by atoms with Gasteiger partial charge >= 0.3 is 0 Å². The number of anilines is 1. The second kappa shape index (κ2) is 6.43. The molecule has 0 radical (unpaired) electrons. The number of nitrogens with one attached hydrogen (secondary N) is 1. The molecule has 1 N–H and O–H groups in total. The number of halogens is 1. The van der Waals surface area contributed by atoms with Gasteiger partial charge in [-0.2, -0.15) is 0 Å². The number of pyridine rings is 1. The van der Waals surface area contributed by atoms with Gasteiger partial charge in [0, 0.05) is 28.4 Å². The van der Waals surface area contributed by atoms with E-state index in [-0.39, 0.29) is 12.7 Å². The van der Waals surface area contributed by atoms with E-state index in [1.165, 1.54) is 0 Å². The molecule has 1 aliphatic heterocycles. The van der Waals surface area contributed by atoms with Gasteiger partial charge in [0.1, 0.15) is 0 Å². The summed E-state index contributed by atoms with van der Waals surface area (Å²) in [7, 11) is 0. The first-order chi connectivity index (χ1) is 13.2. The second-order valence-corrected chi connectivity index (χ2v) is 7.19. The Hall–Kier alpha value is -2.79. The number of aromatic nitrogens is 1. The highest BCUT2D eigenvalue weighted by atomic mass is 35.5. The number of carbonyl (C=O) groups excluding carboxylic acids is 1. The van der Waals surface area contributed by atoms with Crippen molar-refractivity contribution in [1.29, 1.82) is 0 Å². The summed E-state index contributed by atoms with van der Waals surface area (Å²) in [5.41, 5.74) is 4.18. The van der Waals surface area contributed by atoms with Crippen LogP contribution in [0.2, 0.25) is 5.02 Å². The molecule has 0 spiro atoms. The van der Waals surface area contributed by atoms with Crippen molar-refractivity contribution in [2.24, 2.45) is 0 Å². The quantitative estimate of drug-likeness (QED) is 0.697. The van der Waals surface area contributed by atoms with Crippen LogP contribution in [0.3, 0.4) is 0 Å². The zero-order chi connectivity index (χ0) is 18.4. The average Bonchev–Trinajstić information content (AvgIpc) is 3.15.